The summed E-state index contributed by atoms with van der Waals surface area (Å²) in [5, 5.41) is 10.9. The highest BCUT2D eigenvalue weighted by Crippen LogP contribution is 2.16. The van der Waals surface area contributed by atoms with E-state index in [1.165, 1.54) is 0 Å². The van der Waals surface area contributed by atoms with E-state index >= 15 is 0 Å². The van der Waals surface area contributed by atoms with Gasteiger partial charge in [0.25, 0.3) is 5.91 Å². The van der Waals surface area contributed by atoms with Gasteiger partial charge < -0.3 is 10.6 Å². The molecule has 0 spiro atoms. The Morgan fingerprint density at radius 2 is 2.05 bits per heavy atom. The molecule has 5 nitrogen and oxygen atoms in total. The molecule has 3 unspecified atom stereocenters. The van der Waals surface area contributed by atoms with E-state index in [1.807, 2.05) is 20.9 Å². The number of aromatic nitrogens is 2. The van der Waals surface area contributed by atoms with Crippen LogP contribution in [0, 0.1) is 13.8 Å². The maximum Gasteiger partial charge on any atom is 0.255 e. The monoisotopic (exact) mass is 264 g/mol. The molecule has 2 N–H and O–H groups in total. The fourth-order valence-corrected chi connectivity index (χ4v) is 2.87. The highest BCUT2D eigenvalue weighted by molar-refractivity contribution is 5.96. The molecule has 106 valence electrons. The standard InChI is InChI=1S/C14H24N4O/c1-8-6-7-12(9(2)15-8)16-14(19)13-10(3)17-18(5)11(13)4/h8-9,12,15H,6-7H2,1-5H3,(H,16,19). The van der Waals surface area contributed by atoms with Crippen LogP contribution in [0.2, 0.25) is 0 Å². The third-order valence-electron chi connectivity index (χ3n) is 4.11. The first-order chi connectivity index (χ1) is 8.90. The molecule has 1 saturated heterocycles. The Kier molecular flexibility index (Phi) is 3.94. The van der Waals surface area contributed by atoms with Crippen molar-refractivity contribution in [2.75, 3.05) is 0 Å². The van der Waals surface area contributed by atoms with Crippen molar-refractivity contribution >= 4 is 5.91 Å². The number of carbonyl (C=O) groups excluding carboxylic acids is 1. The topological polar surface area (TPSA) is 59.0 Å². The van der Waals surface area contributed by atoms with Crippen molar-refractivity contribution in [3.8, 4) is 0 Å². The van der Waals surface area contributed by atoms with Crippen LogP contribution in [0.3, 0.4) is 0 Å². The average molecular weight is 264 g/mol. The molecule has 1 aromatic heterocycles. The summed E-state index contributed by atoms with van der Waals surface area (Å²) in [5.74, 6) is -0.00342. The maximum absolute atomic E-state index is 12.4. The lowest BCUT2D eigenvalue weighted by Gasteiger charge is -2.34. The second kappa shape index (κ2) is 5.33. The number of carbonyl (C=O) groups is 1. The van der Waals surface area contributed by atoms with Gasteiger partial charge in [0.15, 0.2) is 0 Å². The Labute approximate surface area is 114 Å². The molecule has 3 atom stereocenters. The maximum atomic E-state index is 12.4. The minimum absolute atomic E-state index is 0.00342. The molecule has 0 aliphatic carbocycles. The van der Waals surface area contributed by atoms with Crippen LogP contribution >= 0.6 is 0 Å². The summed E-state index contributed by atoms with van der Waals surface area (Å²) < 4.78 is 1.76. The van der Waals surface area contributed by atoms with Gasteiger partial charge in [0, 0.05) is 30.9 Å². The second-order valence-electron chi connectivity index (χ2n) is 5.68. The zero-order valence-corrected chi connectivity index (χ0v) is 12.4. The van der Waals surface area contributed by atoms with Crippen molar-refractivity contribution in [1.29, 1.82) is 0 Å². The van der Waals surface area contributed by atoms with Crippen LogP contribution in [-0.4, -0.2) is 33.8 Å². The molecular formula is C14H24N4O. The molecule has 2 rings (SSSR count). The molecule has 0 radical (unpaired) electrons. The van der Waals surface area contributed by atoms with Crippen LogP contribution in [0.4, 0.5) is 0 Å². The minimum atomic E-state index is -0.00342. The van der Waals surface area contributed by atoms with Crippen LogP contribution in [-0.2, 0) is 7.05 Å². The lowest BCUT2D eigenvalue weighted by Crippen LogP contribution is -2.54. The zero-order valence-electron chi connectivity index (χ0n) is 12.4. The first kappa shape index (κ1) is 14.1. The van der Waals surface area contributed by atoms with Gasteiger partial charge in [0.05, 0.1) is 11.3 Å². The van der Waals surface area contributed by atoms with Crippen molar-refractivity contribution in [2.45, 2.75) is 58.7 Å². The normalized spacial score (nSPS) is 27.3. The molecule has 1 aromatic rings. The van der Waals surface area contributed by atoms with E-state index in [4.69, 9.17) is 0 Å². The van der Waals surface area contributed by atoms with Crippen LogP contribution in [0.5, 0.6) is 0 Å². The Hall–Kier alpha value is -1.36. The van der Waals surface area contributed by atoms with Gasteiger partial charge in [0.1, 0.15) is 0 Å². The van der Waals surface area contributed by atoms with E-state index < -0.39 is 0 Å². The van der Waals surface area contributed by atoms with E-state index in [0.717, 1.165) is 24.2 Å². The van der Waals surface area contributed by atoms with E-state index in [2.05, 4.69) is 29.6 Å². The Balaban J connectivity index is 2.09. The van der Waals surface area contributed by atoms with Crippen molar-refractivity contribution in [2.24, 2.45) is 7.05 Å². The smallest absolute Gasteiger partial charge is 0.255 e. The van der Waals surface area contributed by atoms with E-state index in [0.29, 0.717) is 17.6 Å². The van der Waals surface area contributed by atoms with Gasteiger partial charge in [0.2, 0.25) is 0 Å². The molecule has 0 saturated carbocycles. The van der Waals surface area contributed by atoms with Gasteiger partial charge in [-0.15, -0.1) is 0 Å². The van der Waals surface area contributed by atoms with Gasteiger partial charge in [-0.25, -0.2) is 0 Å². The number of amides is 1. The minimum Gasteiger partial charge on any atom is -0.348 e. The average Bonchev–Trinajstić information content (AvgIpc) is 2.57. The van der Waals surface area contributed by atoms with Crippen molar-refractivity contribution in [1.82, 2.24) is 20.4 Å². The highest BCUT2D eigenvalue weighted by atomic mass is 16.1. The zero-order chi connectivity index (χ0) is 14.2. The molecule has 5 heteroatoms. The SMILES string of the molecule is Cc1nn(C)c(C)c1C(=O)NC1CCC(C)NC1C. The van der Waals surface area contributed by atoms with Crippen LogP contribution in [0.1, 0.15) is 48.4 Å². The summed E-state index contributed by atoms with van der Waals surface area (Å²) >= 11 is 0. The fraction of sp³-hybridized carbons (Fsp3) is 0.714. The van der Waals surface area contributed by atoms with E-state index in [1.54, 1.807) is 4.68 Å². The Bertz CT molecular complexity index is 480. The third kappa shape index (κ3) is 2.81. The predicted octanol–water partition coefficient (Wildman–Crippen LogP) is 1.30. The van der Waals surface area contributed by atoms with Gasteiger partial charge >= 0.3 is 0 Å². The second-order valence-corrected chi connectivity index (χ2v) is 5.68. The predicted molar refractivity (Wildman–Crippen MR) is 75.2 cm³/mol. The van der Waals surface area contributed by atoms with Gasteiger partial charge in [-0.1, -0.05) is 0 Å². The lowest BCUT2D eigenvalue weighted by molar-refractivity contribution is 0.0913. The van der Waals surface area contributed by atoms with Crippen molar-refractivity contribution in [3.63, 3.8) is 0 Å². The summed E-state index contributed by atoms with van der Waals surface area (Å²) in [4.78, 5) is 12.4. The van der Waals surface area contributed by atoms with Crippen LogP contribution in [0.15, 0.2) is 0 Å². The molecule has 0 aromatic carbocycles. The highest BCUT2D eigenvalue weighted by Gasteiger charge is 2.27. The quantitative estimate of drug-likeness (QED) is 0.846. The number of aryl methyl sites for hydroxylation is 2. The van der Waals surface area contributed by atoms with Crippen LogP contribution < -0.4 is 10.6 Å². The summed E-state index contributed by atoms with van der Waals surface area (Å²) in [6, 6.07) is 1.04. The van der Waals surface area contributed by atoms with E-state index in [9.17, 15) is 4.79 Å². The van der Waals surface area contributed by atoms with Crippen molar-refractivity contribution < 1.29 is 4.79 Å². The van der Waals surface area contributed by atoms with Crippen molar-refractivity contribution in [3.05, 3.63) is 17.0 Å². The molecule has 1 fully saturated rings. The Morgan fingerprint density at radius 1 is 1.37 bits per heavy atom. The van der Waals surface area contributed by atoms with Gasteiger partial charge in [-0.3, -0.25) is 9.48 Å². The number of rotatable bonds is 2. The molecular weight excluding hydrogens is 240 g/mol. The van der Waals surface area contributed by atoms with Gasteiger partial charge in [-0.2, -0.15) is 5.10 Å². The van der Waals surface area contributed by atoms with Gasteiger partial charge in [-0.05, 0) is 40.5 Å². The molecule has 0 bridgehead atoms. The molecule has 19 heavy (non-hydrogen) atoms. The largest absolute Gasteiger partial charge is 0.348 e. The number of nitrogens with one attached hydrogen (secondary N) is 2. The molecule has 2 heterocycles. The molecule has 1 aliphatic rings. The number of hydrogen-bond acceptors (Lipinski definition) is 3. The summed E-state index contributed by atoms with van der Waals surface area (Å²) in [5.41, 5.74) is 2.43. The Morgan fingerprint density at radius 3 is 2.58 bits per heavy atom. The molecule has 1 aliphatic heterocycles. The first-order valence-corrected chi connectivity index (χ1v) is 6.97. The summed E-state index contributed by atoms with van der Waals surface area (Å²) in [6.07, 6.45) is 2.12. The lowest BCUT2D eigenvalue weighted by atomic mass is 9.95. The molecule has 1 amide bonds. The van der Waals surface area contributed by atoms with E-state index in [-0.39, 0.29) is 11.9 Å². The number of hydrogen-bond donors (Lipinski definition) is 2. The first-order valence-electron chi connectivity index (χ1n) is 6.97. The summed E-state index contributed by atoms with van der Waals surface area (Å²) in [7, 11) is 1.87. The summed E-state index contributed by atoms with van der Waals surface area (Å²) in [6.45, 7) is 8.12. The number of piperidine rings is 1. The van der Waals surface area contributed by atoms with Crippen LogP contribution in [0.25, 0.3) is 0 Å². The number of nitrogens with zero attached hydrogens (tertiary/aromatic N) is 2. The third-order valence-corrected chi connectivity index (χ3v) is 4.11. The fourth-order valence-electron chi connectivity index (χ4n) is 2.87.